The lowest BCUT2D eigenvalue weighted by Crippen LogP contribution is -2.03. The monoisotopic (exact) mass is 399 g/mol. The molecule has 7 heteroatoms. The number of benzene rings is 2. The summed E-state index contributed by atoms with van der Waals surface area (Å²) in [4.78, 5) is 20.2. The Morgan fingerprint density at radius 1 is 1.00 bits per heavy atom. The van der Waals surface area contributed by atoms with E-state index in [2.05, 4.69) is 25.9 Å². The normalized spacial score (nSPS) is 10.5. The van der Waals surface area contributed by atoms with Crippen LogP contribution in [0.25, 0.3) is 11.3 Å². The van der Waals surface area contributed by atoms with Crippen LogP contribution < -0.4 is 16.0 Å². The van der Waals surface area contributed by atoms with Crippen LogP contribution in [-0.2, 0) is 0 Å². The van der Waals surface area contributed by atoms with E-state index in [9.17, 15) is 4.79 Å². The van der Waals surface area contributed by atoms with Crippen LogP contribution in [0.3, 0.4) is 0 Å². The first-order chi connectivity index (χ1) is 14.7. The molecule has 7 nitrogen and oxygen atoms in total. The van der Waals surface area contributed by atoms with E-state index in [1.165, 1.54) is 0 Å². The van der Waals surface area contributed by atoms with Gasteiger partial charge in [-0.1, -0.05) is 0 Å². The Bertz CT molecular complexity index is 1150. The standard InChI is InChI=1S/C23H21N5O2/c1-15-12-16(14-29)13-19(20-4-3-11-30-20)22(15)27-21-9-10-25-23(28-21)26-18-7-5-17(24-2)6-8-18/h3-14,24H,1-2H3,(H2,25,26,27,28). The Labute approximate surface area is 174 Å². The van der Waals surface area contributed by atoms with E-state index in [4.69, 9.17) is 4.42 Å². The number of nitrogens with zero attached hydrogens (tertiary/aromatic N) is 2. The molecule has 0 amide bonds. The van der Waals surface area contributed by atoms with Gasteiger partial charge >= 0.3 is 0 Å². The maximum absolute atomic E-state index is 11.3. The minimum Gasteiger partial charge on any atom is -0.464 e. The van der Waals surface area contributed by atoms with E-state index in [0.29, 0.717) is 23.1 Å². The van der Waals surface area contributed by atoms with Gasteiger partial charge in [-0.3, -0.25) is 4.79 Å². The van der Waals surface area contributed by atoms with Gasteiger partial charge in [-0.15, -0.1) is 0 Å². The molecule has 30 heavy (non-hydrogen) atoms. The van der Waals surface area contributed by atoms with Crippen molar-refractivity contribution >= 4 is 35.1 Å². The van der Waals surface area contributed by atoms with Crippen LogP contribution in [-0.4, -0.2) is 23.3 Å². The van der Waals surface area contributed by atoms with Gasteiger partial charge in [0.2, 0.25) is 5.95 Å². The average molecular weight is 399 g/mol. The van der Waals surface area contributed by atoms with Crippen molar-refractivity contribution in [2.24, 2.45) is 0 Å². The van der Waals surface area contributed by atoms with E-state index in [1.807, 2.05) is 56.4 Å². The second kappa shape index (κ2) is 8.48. The summed E-state index contributed by atoms with van der Waals surface area (Å²) in [6.07, 6.45) is 4.12. The van der Waals surface area contributed by atoms with Crippen molar-refractivity contribution in [1.82, 2.24) is 9.97 Å². The largest absolute Gasteiger partial charge is 0.464 e. The predicted octanol–water partition coefficient (Wildman–Crippen LogP) is 5.39. The molecule has 0 fully saturated rings. The first-order valence-electron chi connectivity index (χ1n) is 9.45. The highest BCUT2D eigenvalue weighted by atomic mass is 16.3. The van der Waals surface area contributed by atoms with Crippen molar-refractivity contribution in [2.45, 2.75) is 6.92 Å². The molecule has 0 radical (unpaired) electrons. The highest BCUT2D eigenvalue weighted by Gasteiger charge is 2.14. The Kier molecular flexibility index (Phi) is 5.43. The van der Waals surface area contributed by atoms with Gasteiger partial charge in [-0.25, -0.2) is 4.98 Å². The molecule has 4 rings (SSSR count). The molecule has 0 atom stereocenters. The van der Waals surface area contributed by atoms with Gasteiger partial charge < -0.3 is 20.4 Å². The number of nitrogens with one attached hydrogen (secondary N) is 3. The number of aromatic nitrogens is 2. The minimum atomic E-state index is 0.471. The van der Waals surface area contributed by atoms with E-state index >= 15 is 0 Å². The topological polar surface area (TPSA) is 92.1 Å². The first kappa shape index (κ1) is 19.2. The molecule has 0 spiro atoms. The predicted molar refractivity (Wildman–Crippen MR) is 119 cm³/mol. The van der Waals surface area contributed by atoms with E-state index in [1.54, 1.807) is 24.6 Å². The third-order valence-electron chi connectivity index (χ3n) is 4.62. The zero-order valence-electron chi connectivity index (χ0n) is 16.6. The zero-order valence-corrected chi connectivity index (χ0v) is 16.6. The molecule has 150 valence electrons. The van der Waals surface area contributed by atoms with Gasteiger partial charge in [-0.05, 0) is 67.1 Å². The summed E-state index contributed by atoms with van der Waals surface area (Å²) in [5, 5.41) is 9.64. The molecule has 0 aliphatic carbocycles. The number of furan rings is 1. The van der Waals surface area contributed by atoms with Crippen molar-refractivity contribution in [3.8, 4) is 11.3 Å². The number of aldehydes is 1. The van der Waals surface area contributed by atoms with Gasteiger partial charge in [0.25, 0.3) is 0 Å². The molecule has 0 aliphatic rings. The molecule has 0 saturated heterocycles. The quantitative estimate of drug-likeness (QED) is 0.359. The van der Waals surface area contributed by atoms with Gasteiger partial charge in [-0.2, -0.15) is 4.98 Å². The van der Waals surface area contributed by atoms with Crippen LogP contribution in [0, 0.1) is 6.92 Å². The third-order valence-corrected chi connectivity index (χ3v) is 4.62. The third kappa shape index (κ3) is 4.15. The Balaban J connectivity index is 1.63. The fraction of sp³-hybridized carbons (Fsp3) is 0.0870. The molecular weight excluding hydrogens is 378 g/mol. The van der Waals surface area contributed by atoms with Crippen LogP contribution in [0.1, 0.15) is 15.9 Å². The van der Waals surface area contributed by atoms with Crippen molar-refractivity contribution < 1.29 is 9.21 Å². The number of hydrogen-bond acceptors (Lipinski definition) is 7. The van der Waals surface area contributed by atoms with Gasteiger partial charge in [0, 0.05) is 35.7 Å². The molecule has 0 unspecified atom stereocenters. The summed E-state index contributed by atoms with van der Waals surface area (Å²) in [7, 11) is 1.88. The van der Waals surface area contributed by atoms with Crippen LogP contribution >= 0.6 is 0 Å². The summed E-state index contributed by atoms with van der Waals surface area (Å²) in [6.45, 7) is 1.94. The Hall–Kier alpha value is -4.13. The molecule has 3 N–H and O–H groups in total. The molecular formula is C23H21N5O2. The number of aryl methyl sites for hydroxylation is 1. The number of anilines is 5. The number of carbonyl (C=O) groups is 1. The summed E-state index contributed by atoms with van der Waals surface area (Å²) >= 11 is 0. The lowest BCUT2D eigenvalue weighted by molar-refractivity contribution is 0.112. The molecule has 0 bridgehead atoms. The smallest absolute Gasteiger partial charge is 0.229 e. The molecule has 0 aliphatic heterocycles. The summed E-state index contributed by atoms with van der Waals surface area (Å²) in [6, 6.07) is 16.9. The van der Waals surface area contributed by atoms with Crippen molar-refractivity contribution in [3.05, 3.63) is 78.2 Å². The summed E-state index contributed by atoms with van der Waals surface area (Å²) < 4.78 is 5.57. The van der Waals surface area contributed by atoms with Crippen molar-refractivity contribution in [2.75, 3.05) is 23.0 Å². The molecule has 0 saturated carbocycles. The summed E-state index contributed by atoms with van der Waals surface area (Å²) in [5.41, 5.74) is 5.00. The Morgan fingerprint density at radius 2 is 1.80 bits per heavy atom. The lowest BCUT2D eigenvalue weighted by atomic mass is 10.0. The lowest BCUT2D eigenvalue weighted by Gasteiger charge is -2.15. The second-order valence-electron chi connectivity index (χ2n) is 6.70. The van der Waals surface area contributed by atoms with Crippen molar-refractivity contribution in [1.29, 1.82) is 0 Å². The van der Waals surface area contributed by atoms with E-state index in [0.717, 1.165) is 34.5 Å². The van der Waals surface area contributed by atoms with E-state index < -0.39 is 0 Å². The SMILES string of the molecule is CNc1ccc(Nc2nccc(Nc3c(C)cc(C=O)cc3-c3ccco3)n2)cc1. The maximum atomic E-state index is 11.3. The van der Waals surface area contributed by atoms with Gasteiger partial charge in [0.1, 0.15) is 17.9 Å². The van der Waals surface area contributed by atoms with Crippen LogP contribution in [0.5, 0.6) is 0 Å². The fourth-order valence-electron chi connectivity index (χ4n) is 3.14. The van der Waals surface area contributed by atoms with Crippen molar-refractivity contribution in [3.63, 3.8) is 0 Å². The van der Waals surface area contributed by atoms with Crippen LogP contribution in [0.15, 0.2) is 71.5 Å². The number of carbonyl (C=O) groups excluding carboxylic acids is 1. The van der Waals surface area contributed by atoms with Crippen LogP contribution in [0.4, 0.5) is 28.8 Å². The van der Waals surface area contributed by atoms with E-state index in [-0.39, 0.29) is 0 Å². The van der Waals surface area contributed by atoms with Gasteiger partial charge in [0.15, 0.2) is 0 Å². The highest BCUT2D eigenvalue weighted by molar-refractivity contribution is 5.87. The first-order valence-corrected chi connectivity index (χ1v) is 9.45. The number of rotatable bonds is 7. The number of hydrogen-bond donors (Lipinski definition) is 3. The molecule has 2 aromatic carbocycles. The molecule has 2 heterocycles. The zero-order chi connectivity index (χ0) is 20.9. The van der Waals surface area contributed by atoms with Crippen LogP contribution in [0.2, 0.25) is 0 Å². The minimum absolute atomic E-state index is 0.471. The highest BCUT2D eigenvalue weighted by Crippen LogP contribution is 2.34. The fourth-order valence-corrected chi connectivity index (χ4v) is 3.14. The van der Waals surface area contributed by atoms with Gasteiger partial charge in [0.05, 0.1) is 12.0 Å². The molecule has 4 aromatic rings. The summed E-state index contributed by atoms with van der Waals surface area (Å²) in [5.74, 6) is 1.76. The average Bonchev–Trinajstić information content (AvgIpc) is 3.30. The second-order valence-corrected chi connectivity index (χ2v) is 6.70. The Morgan fingerprint density at radius 3 is 2.50 bits per heavy atom. The molecule has 2 aromatic heterocycles. The maximum Gasteiger partial charge on any atom is 0.229 e.